The maximum atomic E-state index is 3.79. The summed E-state index contributed by atoms with van der Waals surface area (Å²) < 4.78 is 0. The third-order valence-electron chi connectivity index (χ3n) is 3.38. The van der Waals surface area contributed by atoms with E-state index in [9.17, 15) is 0 Å². The average molecular weight is 276 g/mol. The van der Waals surface area contributed by atoms with E-state index in [0.29, 0.717) is 0 Å². The Hall–Kier alpha value is 0.660. The van der Waals surface area contributed by atoms with Crippen LogP contribution in [0.15, 0.2) is 0 Å². The maximum absolute atomic E-state index is 3.79. The van der Waals surface area contributed by atoms with Gasteiger partial charge in [-0.25, -0.2) is 0 Å². The first-order chi connectivity index (χ1) is 8.27. The highest BCUT2D eigenvalue weighted by molar-refractivity contribution is 8.06. The molecule has 0 aromatic rings. The molecule has 3 heteroatoms. The van der Waals surface area contributed by atoms with Crippen molar-refractivity contribution in [1.82, 2.24) is 5.32 Å². The van der Waals surface area contributed by atoms with Crippen LogP contribution in [0.25, 0.3) is 0 Å². The normalized spacial score (nSPS) is 24.5. The van der Waals surface area contributed by atoms with Gasteiger partial charge in [-0.05, 0) is 25.3 Å². The molecule has 1 aliphatic rings. The molecule has 0 aromatic carbocycles. The van der Waals surface area contributed by atoms with Crippen LogP contribution in [0.1, 0.15) is 46.5 Å². The zero-order chi connectivity index (χ0) is 12.5. The second-order valence-electron chi connectivity index (χ2n) is 5.17. The Morgan fingerprint density at radius 1 is 1.24 bits per heavy atom. The third-order valence-corrected chi connectivity index (χ3v) is 6.31. The van der Waals surface area contributed by atoms with Crippen LogP contribution in [0.5, 0.6) is 0 Å². The van der Waals surface area contributed by atoms with E-state index < -0.39 is 0 Å². The van der Waals surface area contributed by atoms with Crippen LogP contribution in [0, 0.1) is 5.92 Å². The van der Waals surface area contributed by atoms with Crippen LogP contribution in [-0.2, 0) is 0 Å². The lowest BCUT2D eigenvalue weighted by atomic mass is 9.95. The highest BCUT2D eigenvalue weighted by Crippen LogP contribution is 2.29. The second kappa shape index (κ2) is 9.57. The fourth-order valence-electron chi connectivity index (χ4n) is 2.48. The molecule has 0 bridgehead atoms. The van der Waals surface area contributed by atoms with Gasteiger partial charge in [-0.1, -0.05) is 33.6 Å². The standard InChI is InChI=1S/C14H29NS2/c1-4-6-12(3)10-13(15-7-5-2)14-11-16-8-9-17-14/h12-15H,4-11H2,1-3H3. The molecule has 1 saturated heterocycles. The van der Waals surface area contributed by atoms with Crippen molar-refractivity contribution in [3.8, 4) is 0 Å². The molecule has 1 rings (SSSR count). The Kier molecular flexibility index (Phi) is 8.85. The van der Waals surface area contributed by atoms with Gasteiger partial charge >= 0.3 is 0 Å². The molecule has 0 spiro atoms. The van der Waals surface area contributed by atoms with Crippen LogP contribution >= 0.6 is 23.5 Å². The minimum absolute atomic E-state index is 0.745. The summed E-state index contributed by atoms with van der Waals surface area (Å²) in [5.74, 6) is 4.93. The quantitative estimate of drug-likeness (QED) is 0.718. The summed E-state index contributed by atoms with van der Waals surface area (Å²) in [5.41, 5.74) is 0. The fourth-order valence-corrected chi connectivity index (χ4v) is 5.38. The van der Waals surface area contributed by atoms with Crippen LogP contribution < -0.4 is 5.32 Å². The summed E-state index contributed by atoms with van der Waals surface area (Å²) in [5, 5.41) is 4.64. The summed E-state index contributed by atoms with van der Waals surface area (Å²) in [7, 11) is 0. The van der Waals surface area contributed by atoms with Crippen molar-refractivity contribution >= 4 is 23.5 Å². The van der Waals surface area contributed by atoms with E-state index in [4.69, 9.17) is 0 Å². The van der Waals surface area contributed by atoms with Crippen molar-refractivity contribution in [2.75, 3.05) is 23.8 Å². The van der Waals surface area contributed by atoms with Crippen LogP contribution in [0.3, 0.4) is 0 Å². The Morgan fingerprint density at radius 3 is 2.65 bits per heavy atom. The topological polar surface area (TPSA) is 12.0 Å². The van der Waals surface area contributed by atoms with E-state index >= 15 is 0 Å². The predicted octanol–water partition coefficient (Wildman–Crippen LogP) is 4.03. The molecule has 0 radical (unpaired) electrons. The highest BCUT2D eigenvalue weighted by atomic mass is 32.2. The minimum atomic E-state index is 0.745. The summed E-state index contributed by atoms with van der Waals surface area (Å²) in [6, 6.07) is 0.745. The molecule has 17 heavy (non-hydrogen) atoms. The van der Waals surface area contributed by atoms with Gasteiger partial charge in [0, 0.05) is 28.6 Å². The zero-order valence-corrected chi connectivity index (χ0v) is 13.3. The van der Waals surface area contributed by atoms with Gasteiger partial charge in [0.2, 0.25) is 0 Å². The van der Waals surface area contributed by atoms with Crippen molar-refractivity contribution in [1.29, 1.82) is 0 Å². The summed E-state index contributed by atoms with van der Waals surface area (Å²) in [6.07, 6.45) is 5.33. The molecule has 0 amide bonds. The lowest BCUT2D eigenvalue weighted by Gasteiger charge is -2.32. The molecule has 0 aromatic heterocycles. The Labute approximate surface area is 116 Å². The van der Waals surface area contributed by atoms with E-state index in [-0.39, 0.29) is 0 Å². The maximum Gasteiger partial charge on any atom is 0.0292 e. The molecule has 1 fully saturated rings. The number of thioether (sulfide) groups is 2. The van der Waals surface area contributed by atoms with Gasteiger partial charge in [-0.3, -0.25) is 0 Å². The van der Waals surface area contributed by atoms with Gasteiger partial charge < -0.3 is 5.32 Å². The van der Waals surface area contributed by atoms with E-state index in [0.717, 1.165) is 17.2 Å². The molecule has 0 saturated carbocycles. The van der Waals surface area contributed by atoms with Crippen molar-refractivity contribution in [2.45, 2.75) is 57.7 Å². The summed E-state index contributed by atoms with van der Waals surface area (Å²) in [4.78, 5) is 0. The molecule has 3 unspecified atom stereocenters. The smallest absolute Gasteiger partial charge is 0.0292 e. The molecule has 3 atom stereocenters. The number of nitrogens with one attached hydrogen (secondary N) is 1. The molecule has 0 aliphatic carbocycles. The van der Waals surface area contributed by atoms with Crippen molar-refractivity contribution in [2.24, 2.45) is 5.92 Å². The molecule has 1 aliphatic heterocycles. The highest BCUT2D eigenvalue weighted by Gasteiger charge is 2.25. The molecule has 1 N–H and O–H groups in total. The number of rotatable bonds is 8. The van der Waals surface area contributed by atoms with Gasteiger partial charge in [-0.15, -0.1) is 0 Å². The SMILES string of the molecule is CCCNC(CC(C)CCC)C1CSCCS1. The molecule has 102 valence electrons. The second-order valence-corrected chi connectivity index (χ2v) is 7.67. The minimum Gasteiger partial charge on any atom is -0.313 e. The zero-order valence-electron chi connectivity index (χ0n) is 11.7. The van der Waals surface area contributed by atoms with Crippen molar-refractivity contribution in [3.05, 3.63) is 0 Å². The van der Waals surface area contributed by atoms with Crippen LogP contribution in [0.2, 0.25) is 0 Å². The van der Waals surface area contributed by atoms with Gasteiger partial charge in [0.25, 0.3) is 0 Å². The van der Waals surface area contributed by atoms with E-state index in [1.54, 1.807) is 0 Å². The lowest BCUT2D eigenvalue weighted by molar-refractivity contribution is 0.382. The largest absolute Gasteiger partial charge is 0.313 e. The molecule has 1 nitrogen and oxygen atoms in total. The van der Waals surface area contributed by atoms with Gasteiger partial charge in [-0.2, -0.15) is 23.5 Å². The summed E-state index contributed by atoms with van der Waals surface area (Å²) >= 11 is 4.34. The van der Waals surface area contributed by atoms with Gasteiger partial charge in [0.05, 0.1) is 0 Å². The van der Waals surface area contributed by atoms with E-state index in [1.807, 2.05) is 0 Å². The van der Waals surface area contributed by atoms with Gasteiger partial charge in [0.1, 0.15) is 0 Å². The molecular formula is C14H29NS2. The average Bonchev–Trinajstić information content (AvgIpc) is 2.36. The van der Waals surface area contributed by atoms with Gasteiger partial charge in [0.15, 0.2) is 0 Å². The Morgan fingerprint density at radius 2 is 2.06 bits per heavy atom. The first kappa shape index (κ1) is 15.7. The predicted molar refractivity (Wildman–Crippen MR) is 84.3 cm³/mol. The Balaban J connectivity index is 2.40. The number of hydrogen-bond donors (Lipinski definition) is 1. The fraction of sp³-hybridized carbons (Fsp3) is 1.00. The van der Waals surface area contributed by atoms with Crippen molar-refractivity contribution < 1.29 is 0 Å². The number of hydrogen-bond acceptors (Lipinski definition) is 3. The third kappa shape index (κ3) is 6.40. The lowest BCUT2D eigenvalue weighted by Crippen LogP contribution is -2.42. The van der Waals surface area contributed by atoms with E-state index in [1.165, 1.54) is 49.5 Å². The first-order valence-electron chi connectivity index (χ1n) is 7.20. The van der Waals surface area contributed by atoms with E-state index in [2.05, 4.69) is 49.6 Å². The first-order valence-corrected chi connectivity index (χ1v) is 9.41. The monoisotopic (exact) mass is 275 g/mol. The van der Waals surface area contributed by atoms with Crippen LogP contribution in [-0.4, -0.2) is 35.1 Å². The molecule has 1 heterocycles. The van der Waals surface area contributed by atoms with Crippen molar-refractivity contribution in [3.63, 3.8) is 0 Å². The summed E-state index contributed by atoms with van der Waals surface area (Å²) in [6.45, 7) is 8.18. The Bertz CT molecular complexity index is 181. The molecular weight excluding hydrogens is 246 g/mol. The van der Waals surface area contributed by atoms with Crippen LogP contribution in [0.4, 0.5) is 0 Å².